The van der Waals surface area contributed by atoms with Crippen molar-refractivity contribution in [2.24, 2.45) is 0 Å². The molecule has 0 amide bonds. The Balaban J connectivity index is 1.99. The standard InChI is InChI=1S/C28H31N2O3/c1-6-29-23-15-25-21(13-17(23)4)27(19-11-9-10-12-20(19)28(31)32-8-3)22-14-18(5)24(30-7-2)16-26(22)33-25/h9-16,23,30H,6-8H2,1-5H3. The second-order valence-electron chi connectivity index (χ2n) is 8.21. The molecule has 1 radical (unpaired) electrons. The fourth-order valence-electron chi connectivity index (χ4n) is 4.42. The minimum absolute atomic E-state index is 0.0180. The van der Waals surface area contributed by atoms with Crippen LogP contribution in [0.5, 0.6) is 5.75 Å². The summed E-state index contributed by atoms with van der Waals surface area (Å²) in [5.74, 6) is 1.22. The molecule has 2 aromatic rings. The Labute approximate surface area is 196 Å². The largest absolute Gasteiger partial charge is 0.462 e. The fraction of sp³-hybridized carbons (Fsp3) is 0.321. The predicted octanol–water partition coefficient (Wildman–Crippen LogP) is 5.63. The Bertz CT molecular complexity index is 1170. The number of aryl methyl sites for hydroxylation is 1. The van der Waals surface area contributed by atoms with Crippen molar-refractivity contribution < 1.29 is 14.3 Å². The summed E-state index contributed by atoms with van der Waals surface area (Å²) in [4.78, 5) is 12.9. The molecule has 1 aliphatic heterocycles. The van der Waals surface area contributed by atoms with Crippen LogP contribution in [0.1, 0.15) is 54.7 Å². The molecule has 0 bridgehead atoms. The van der Waals surface area contributed by atoms with Gasteiger partial charge in [-0.2, -0.15) is 0 Å². The minimum Gasteiger partial charge on any atom is -0.462 e. The van der Waals surface area contributed by atoms with Gasteiger partial charge in [-0.1, -0.05) is 30.7 Å². The van der Waals surface area contributed by atoms with E-state index in [-0.39, 0.29) is 12.0 Å². The van der Waals surface area contributed by atoms with Crippen molar-refractivity contribution >= 4 is 17.2 Å². The zero-order chi connectivity index (χ0) is 23.5. The van der Waals surface area contributed by atoms with E-state index in [1.807, 2.05) is 38.1 Å². The summed E-state index contributed by atoms with van der Waals surface area (Å²) in [6.07, 6.45) is 4.23. The van der Waals surface area contributed by atoms with Crippen LogP contribution >= 0.6 is 0 Å². The van der Waals surface area contributed by atoms with Crippen molar-refractivity contribution in [1.29, 1.82) is 0 Å². The first kappa shape index (κ1) is 22.9. The number of hydrogen-bond donors (Lipinski definition) is 1. The second-order valence-corrected chi connectivity index (χ2v) is 8.21. The molecule has 2 aliphatic rings. The van der Waals surface area contributed by atoms with E-state index in [9.17, 15) is 4.79 Å². The van der Waals surface area contributed by atoms with E-state index in [2.05, 4.69) is 50.4 Å². The van der Waals surface area contributed by atoms with Crippen molar-refractivity contribution in [3.05, 3.63) is 87.7 Å². The number of carbonyl (C=O) groups excluding carboxylic acids is 1. The van der Waals surface area contributed by atoms with Crippen LogP contribution in [-0.2, 0) is 4.74 Å². The number of benzene rings is 2. The van der Waals surface area contributed by atoms with E-state index in [4.69, 9.17) is 14.8 Å². The molecule has 0 aromatic heterocycles. The summed E-state index contributed by atoms with van der Waals surface area (Å²) in [5, 5.41) is 8.12. The molecule has 0 spiro atoms. The topological polar surface area (TPSA) is 61.7 Å². The van der Waals surface area contributed by atoms with Crippen molar-refractivity contribution in [1.82, 2.24) is 5.32 Å². The summed E-state index contributed by atoms with van der Waals surface area (Å²) in [6, 6.07) is 11.8. The van der Waals surface area contributed by atoms with Crippen LogP contribution in [-0.4, -0.2) is 31.7 Å². The van der Waals surface area contributed by atoms with Gasteiger partial charge in [0.1, 0.15) is 11.5 Å². The Morgan fingerprint density at radius 3 is 2.64 bits per heavy atom. The van der Waals surface area contributed by atoms with E-state index >= 15 is 0 Å². The first-order valence-electron chi connectivity index (χ1n) is 11.6. The quantitative estimate of drug-likeness (QED) is 0.563. The number of hydrogen-bond acceptors (Lipinski definition) is 4. The average molecular weight is 444 g/mol. The average Bonchev–Trinajstić information content (AvgIpc) is 2.80. The molecule has 1 N–H and O–H groups in total. The fourth-order valence-corrected chi connectivity index (χ4v) is 4.42. The highest BCUT2D eigenvalue weighted by Gasteiger charge is 2.31. The van der Waals surface area contributed by atoms with Gasteiger partial charge in [-0.05, 0) is 63.1 Å². The van der Waals surface area contributed by atoms with Gasteiger partial charge in [0.25, 0.3) is 0 Å². The first-order chi connectivity index (χ1) is 16.0. The van der Waals surface area contributed by atoms with Crippen molar-refractivity contribution in [2.45, 2.75) is 40.7 Å². The third-order valence-corrected chi connectivity index (χ3v) is 5.94. The molecule has 171 valence electrons. The van der Waals surface area contributed by atoms with Crippen molar-refractivity contribution in [2.75, 3.05) is 25.0 Å². The number of fused-ring (bicyclic) bond motifs is 2. The number of carbonyl (C=O) groups is 1. The maximum atomic E-state index is 12.9. The second kappa shape index (κ2) is 9.67. The van der Waals surface area contributed by atoms with E-state index in [0.717, 1.165) is 63.7 Å². The number of nitrogens with one attached hydrogen (secondary N) is 1. The maximum absolute atomic E-state index is 12.9. The minimum atomic E-state index is -0.323. The lowest BCUT2D eigenvalue weighted by atomic mass is 9.83. The van der Waals surface area contributed by atoms with Crippen LogP contribution in [0.3, 0.4) is 0 Å². The van der Waals surface area contributed by atoms with Crippen LogP contribution in [0.15, 0.2) is 65.5 Å². The van der Waals surface area contributed by atoms with Gasteiger partial charge in [0.2, 0.25) is 0 Å². The van der Waals surface area contributed by atoms with Crippen molar-refractivity contribution in [3.8, 4) is 5.75 Å². The van der Waals surface area contributed by atoms with E-state index in [1.165, 1.54) is 0 Å². The highest BCUT2D eigenvalue weighted by molar-refractivity contribution is 6.01. The van der Waals surface area contributed by atoms with E-state index in [1.54, 1.807) is 0 Å². The summed E-state index contributed by atoms with van der Waals surface area (Å²) in [5.41, 5.74) is 7.61. The molecule has 5 heteroatoms. The number of esters is 1. The number of likely N-dealkylation sites (N-methyl/N-ethyl adjacent to an activating group) is 1. The van der Waals surface area contributed by atoms with E-state index < -0.39 is 0 Å². The molecule has 2 aromatic carbocycles. The zero-order valence-corrected chi connectivity index (χ0v) is 20.0. The van der Waals surface area contributed by atoms with Crippen molar-refractivity contribution in [3.63, 3.8) is 0 Å². The Hall–Kier alpha value is -3.31. The van der Waals surface area contributed by atoms with E-state index in [0.29, 0.717) is 12.2 Å². The maximum Gasteiger partial charge on any atom is 0.338 e. The van der Waals surface area contributed by atoms with Crippen LogP contribution in [0, 0.1) is 6.92 Å². The number of anilines is 1. The lowest BCUT2D eigenvalue weighted by Gasteiger charge is -2.31. The van der Waals surface area contributed by atoms with Gasteiger partial charge in [0.05, 0.1) is 18.2 Å². The Morgan fingerprint density at radius 1 is 1.12 bits per heavy atom. The first-order valence-corrected chi connectivity index (χ1v) is 11.6. The molecule has 0 saturated heterocycles. The molecule has 0 saturated carbocycles. The third kappa shape index (κ3) is 4.33. The van der Waals surface area contributed by atoms with Crippen LogP contribution in [0.25, 0.3) is 5.57 Å². The molecule has 1 aliphatic carbocycles. The van der Waals surface area contributed by atoms with Crippen LogP contribution < -0.4 is 15.4 Å². The lowest BCUT2D eigenvalue weighted by Crippen LogP contribution is -2.26. The van der Waals surface area contributed by atoms with Gasteiger partial charge in [0.15, 0.2) is 0 Å². The Kier molecular flexibility index (Phi) is 6.70. The van der Waals surface area contributed by atoms with Crippen LogP contribution in [0.2, 0.25) is 0 Å². The van der Waals surface area contributed by atoms with Gasteiger partial charge in [-0.25, -0.2) is 10.1 Å². The number of ether oxygens (including phenoxy) is 2. The monoisotopic (exact) mass is 443 g/mol. The zero-order valence-electron chi connectivity index (χ0n) is 20.0. The lowest BCUT2D eigenvalue weighted by molar-refractivity contribution is 0.0526. The highest BCUT2D eigenvalue weighted by atomic mass is 16.5. The van der Waals surface area contributed by atoms with Gasteiger partial charge >= 0.3 is 5.97 Å². The molecule has 0 fully saturated rings. The number of allylic oxidation sites excluding steroid dienone is 1. The summed E-state index contributed by atoms with van der Waals surface area (Å²) in [6.45, 7) is 12.0. The molecular formula is C28H31N2O3. The molecule has 1 heterocycles. The third-order valence-electron chi connectivity index (χ3n) is 5.94. The normalized spacial score (nSPS) is 16.8. The number of nitrogens with zero attached hydrogens (tertiary/aromatic N) is 1. The molecular weight excluding hydrogens is 412 g/mol. The van der Waals surface area contributed by atoms with Gasteiger partial charge in [0, 0.05) is 41.6 Å². The van der Waals surface area contributed by atoms with Crippen LogP contribution in [0.4, 0.5) is 5.69 Å². The molecule has 1 atom stereocenters. The summed E-state index contributed by atoms with van der Waals surface area (Å²) < 4.78 is 11.8. The molecule has 1 unspecified atom stereocenters. The molecule has 4 rings (SSSR count). The van der Waals surface area contributed by atoms with Gasteiger partial charge < -0.3 is 14.8 Å². The molecule has 5 nitrogen and oxygen atoms in total. The summed E-state index contributed by atoms with van der Waals surface area (Å²) >= 11 is 0. The smallest absolute Gasteiger partial charge is 0.338 e. The SMILES string of the molecule is CC[N]C1C=C2Oc3cc(NCC)c(C)cc3C(c3ccccc3C(=O)OCC)=C2C=C1C. The van der Waals surface area contributed by atoms with Gasteiger partial charge in [-0.15, -0.1) is 0 Å². The summed E-state index contributed by atoms with van der Waals surface area (Å²) in [7, 11) is 0. The van der Waals surface area contributed by atoms with Gasteiger partial charge in [-0.3, -0.25) is 0 Å². The predicted molar refractivity (Wildman–Crippen MR) is 133 cm³/mol. The Morgan fingerprint density at radius 2 is 1.91 bits per heavy atom. The number of rotatable bonds is 7. The highest BCUT2D eigenvalue weighted by Crippen LogP contribution is 2.46. The molecule has 33 heavy (non-hydrogen) atoms.